The average molecular weight is 455 g/mol. The van der Waals surface area contributed by atoms with Crippen LogP contribution in [0.4, 0.5) is 0 Å². The fourth-order valence-electron chi connectivity index (χ4n) is 8.20. The Morgan fingerprint density at radius 1 is 1.04 bits per heavy atom. The number of fused-ring (bicyclic) bond motifs is 5. The normalized spacial score (nSPS) is 52.9. The topological polar surface area (TPSA) is 63.6 Å². The molecule has 0 aliphatic heterocycles. The van der Waals surface area contributed by atoms with E-state index in [2.05, 4.69) is 29.8 Å². The standard InChI is InChI=1S/C23H35BrO4/c1-13(25)17-5-6-18-16-11-20(27)23(24)12-15(28-14(2)26)7-10-22(23,4)19(16)8-9-21(17,18)3/h15-20,27H,5-12H2,1-4H3/t15?,16-,17+,18-,19-,20?,21+,22+,23-/m0/s1. The van der Waals surface area contributed by atoms with Crippen molar-refractivity contribution in [3.63, 3.8) is 0 Å². The number of aliphatic hydroxyl groups excluding tert-OH is 1. The Hall–Kier alpha value is -0.420. The summed E-state index contributed by atoms with van der Waals surface area (Å²) in [6, 6.07) is 0. The van der Waals surface area contributed by atoms with Crippen LogP contribution in [0.3, 0.4) is 0 Å². The average Bonchev–Trinajstić information content (AvgIpc) is 2.95. The molecule has 0 spiro atoms. The molecule has 1 N–H and O–H groups in total. The lowest BCUT2D eigenvalue weighted by Crippen LogP contribution is -2.66. The van der Waals surface area contributed by atoms with Crippen molar-refractivity contribution in [2.45, 2.75) is 95.6 Å². The summed E-state index contributed by atoms with van der Waals surface area (Å²) in [6.45, 7) is 7.93. The van der Waals surface area contributed by atoms with E-state index in [0.717, 1.165) is 44.9 Å². The zero-order valence-electron chi connectivity index (χ0n) is 17.7. The van der Waals surface area contributed by atoms with Crippen LogP contribution in [0, 0.1) is 34.5 Å². The van der Waals surface area contributed by atoms with E-state index in [-0.39, 0.29) is 28.8 Å². The molecule has 0 radical (unpaired) electrons. The van der Waals surface area contributed by atoms with E-state index in [1.54, 1.807) is 6.92 Å². The summed E-state index contributed by atoms with van der Waals surface area (Å²) in [5.41, 5.74) is 0.0892. The van der Waals surface area contributed by atoms with Crippen molar-refractivity contribution in [1.29, 1.82) is 0 Å². The summed E-state index contributed by atoms with van der Waals surface area (Å²) >= 11 is 4.01. The summed E-state index contributed by atoms with van der Waals surface area (Å²) in [5.74, 6) is 1.88. The van der Waals surface area contributed by atoms with E-state index in [0.29, 0.717) is 30.0 Å². The molecule has 4 fully saturated rings. The van der Waals surface area contributed by atoms with Crippen LogP contribution in [0.2, 0.25) is 0 Å². The molecule has 0 aromatic carbocycles. The highest BCUT2D eigenvalue weighted by atomic mass is 79.9. The number of aliphatic hydroxyl groups is 1. The minimum Gasteiger partial charge on any atom is -0.463 e. The molecule has 0 amide bonds. The van der Waals surface area contributed by atoms with Crippen LogP contribution in [0.1, 0.15) is 79.1 Å². The number of Topliss-reactive ketones (excluding diaryl/α,β-unsaturated/α-hetero) is 1. The lowest BCUT2D eigenvalue weighted by atomic mass is 9.44. The summed E-state index contributed by atoms with van der Waals surface area (Å²) in [5, 5.41) is 11.3. The maximum atomic E-state index is 12.3. The van der Waals surface area contributed by atoms with Crippen molar-refractivity contribution in [3.05, 3.63) is 0 Å². The monoisotopic (exact) mass is 454 g/mol. The van der Waals surface area contributed by atoms with Crippen molar-refractivity contribution in [1.82, 2.24) is 0 Å². The number of ketones is 1. The summed E-state index contributed by atoms with van der Waals surface area (Å²) in [7, 11) is 0. The van der Waals surface area contributed by atoms with Crippen molar-refractivity contribution in [2.24, 2.45) is 34.5 Å². The first-order valence-corrected chi connectivity index (χ1v) is 11.9. The van der Waals surface area contributed by atoms with Crippen LogP contribution in [0.5, 0.6) is 0 Å². The molecule has 2 unspecified atom stereocenters. The molecule has 9 atom stereocenters. The third-order valence-corrected chi connectivity index (χ3v) is 11.3. The largest absolute Gasteiger partial charge is 0.463 e. The second-order valence-electron chi connectivity index (χ2n) is 10.7. The predicted octanol–water partition coefficient (Wildman–Crippen LogP) is 4.65. The third-order valence-electron chi connectivity index (χ3n) is 9.56. The van der Waals surface area contributed by atoms with Gasteiger partial charge in [-0.1, -0.05) is 29.8 Å². The van der Waals surface area contributed by atoms with Gasteiger partial charge in [-0.05, 0) is 80.5 Å². The molecule has 158 valence electrons. The van der Waals surface area contributed by atoms with Gasteiger partial charge in [0.1, 0.15) is 11.9 Å². The third kappa shape index (κ3) is 2.78. The molecule has 5 heteroatoms. The minimum atomic E-state index is -0.448. The Morgan fingerprint density at radius 3 is 2.39 bits per heavy atom. The Labute approximate surface area is 177 Å². The second-order valence-corrected chi connectivity index (χ2v) is 12.1. The van der Waals surface area contributed by atoms with Crippen molar-refractivity contribution in [3.8, 4) is 0 Å². The highest BCUT2D eigenvalue weighted by molar-refractivity contribution is 9.10. The van der Waals surface area contributed by atoms with E-state index >= 15 is 0 Å². The molecule has 28 heavy (non-hydrogen) atoms. The van der Waals surface area contributed by atoms with Gasteiger partial charge in [0.15, 0.2) is 0 Å². The fraction of sp³-hybridized carbons (Fsp3) is 0.913. The molecule has 0 aromatic heterocycles. The number of carbonyl (C=O) groups excluding carboxylic acids is 2. The Balaban J connectivity index is 1.63. The number of halogens is 1. The van der Waals surface area contributed by atoms with Crippen LogP contribution < -0.4 is 0 Å². The quantitative estimate of drug-likeness (QED) is 0.486. The Kier molecular flexibility index (Phi) is 5.06. The molecule has 4 saturated carbocycles. The molecular weight excluding hydrogens is 420 g/mol. The predicted molar refractivity (Wildman–Crippen MR) is 111 cm³/mol. The van der Waals surface area contributed by atoms with Gasteiger partial charge in [-0.25, -0.2) is 0 Å². The Morgan fingerprint density at radius 2 is 1.75 bits per heavy atom. The molecule has 4 aliphatic rings. The number of esters is 1. The molecule has 0 heterocycles. The van der Waals surface area contributed by atoms with E-state index in [4.69, 9.17) is 4.74 Å². The van der Waals surface area contributed by atoms with Crippen LogP contribution in [-0.2, 0) is 14.3 Å². The first-order chi connectivity index (χ1) is 13.0. The molecule has 0 bridgehead atoms. The maximum absolute atomic E-state index is 12.3. The molecule has 4 aliphatic carbocycles. The van der Waals surface area contributed by atoms with Gasteiger partial charge in [-0.15, -0.1) is 0 Å². The van der Waals surface area contributed by atoms with Crippen molar-refractivity contribution in [2.75, 3.05) is 0 Å². The number of ether oxygens (including phenoxy) is 1. The SMILES string of the molecule is CC(=O)OC1CC[C@]2(C)[C@H]3CC[C@]4(C)[C@@H](C(C)=O)CC[C@H]4[C@@H]3CC(O)[C@@]2(Br)C1. The molecule has 0 saturated heterocycles. The summed E-state index contributed by atoms with van der Waals surface area (Å²) < 4.78 is 5.15. The van der Waals surface area contributed by atoms with Gasteiger partial charge in [0.2, 0.25) is 0 Å². The molecular formula is C23H35BrO4. The first kappa shape index (κ1) is 20.8. The number of hydrogen-bond acceptors (Lipinski definition) is 4. The van der Waals surface area contributed by atoms with E-state index in [1.165, 1.54) is 6.92 Å². The summed E-state index contributed by atoms with van der Waals surface area (Å²) in [4.78, 5) is 23.8. The van der Waals surface area contributed by atoms with Gasteiger partial charge < -0.3 is 9.84 Å². The highest BCUT2D eigenvalue weighted by Crippen LogP contribution is 2.70. The lowest BCUT2D eigenvalue weighted by Gasteiger charge is -2.65. The highest BCUT2D eigenvalue weighted by Gasteiger charge is 2.67. The van der Waals surface area contributed by atoms with Gasteiger partial charge >= 0.3 is 5.97 Å². The number of carbonyl (C=O) groups is 2. The van der Waals surface area contributed by atoms with Crippen LogP contribution in [0.15, 0.2) is 0 Å². The smallest absolute Gasteiger partial charge is 0.302 e. The number of alkyl halides is 1. The van der Waals surface area contributed by atoms with Gasteiger partial charge in [0, 0.05) is 19.3 Å². The van der Waals surface area contributed by atoms with Crippen molar-refractivity contribution < 1.29 is 19.4 Å². The Bertz CT molecular complexity index is 680. The van der Waals surface area contributed by atoms with Gasteiger partial charge in [0.25, 0.3) is 0 Å². The van der Waals surface area contributed by atoms with Crippen LogP contribution in [-0.4, -0.2) is 33.4 Å². The number of hydrogen-bond donors (Lipinski definition) is 1. The van der Waals surface area contributed by atoms with Crippen molar-refractivity contribution >= 4 is 27.7 Å². The van der Waals surface area contributed by atoms with E-state index in [9.17, 15) is 14.7 Å². The fourth-order valence-corrected chi connectivity index (χ4v) is 9.24. The zero-order valence-corrected chi connectivity index (χ0v) is 19.3. The number of rotatable bonds is 2. The molecule has 4 nitrogen and oxygen atoms in total. The molecule has 4 rings (SSSR count). The maximum Gasteiger partial charge on any atom is 0.302 e. The van der Waals surface area contributed by atoms with Gasteiger partial charge in [-0.3, -0.25) is 9.59 Å². The summed E-state index contributed by atoms with van der Waals surface area (Å²) in [6.07, 6.45) is 7.15. The first-order valence-electron chi connectivity index (χ1n) is 11.1. The van der Waals surface area contributed by atoms with Gasteiger partial charge in [0.05, 0.1) is 10.4 Å². The lowest BCUT2D eigenvalue weighted by molar-refractivity contribution is -0.170. The van der Waals surface area contributed by atoms with E-state index in [1.807, 2.05) is 0 Å². The minimum absolute atomic E-state index is 0.0123. The molecule has 0 aromatic rings. The van der Waals surface area contributed by atoms with Crippen LogP contribution >= 0.6 is 15.9 Å². The zero-order chi connectivity index (χ0) is 20.5. The van der Waals surface area contributed by atoms with Crippen LogP contribution in [0.25, 0.3) is 0 Å². The van der Waals surface area contributed by atoms with Gasteiger partial charge in [-0.2, -0.15) is 0 Å². The second kappa shape index (κ2) is 6.80. The van der Waals surface area contributed by atoms with E-state index < -0.39 is 10.4 Å².